The van der Waals surface area contributed by atoms with Gasteiger partial charge >= 0.3 is 0 Å². The van der Waals surface area contributed by atoms with E-state index >= 15 is 0 Å². The van der Waals surface area contributed by atoms with Crippen LogP contribution in [0.15, 0.2) is 60.0 Å². The molecule has 30 heavy (non-hydrogen) atoms. The number of likely N-dealkylation sites (N-methyl/N-ethyl adjacent to an activating group) is 1. The maximum absolute atomic E-state index is 12.6. The van der Waals surface area contributed by atoms with E-state index in [-0.39, 0.29) is 5.91 Å². The Morgan fingerprint density at radius 2 is 1.87 bits per heavy atom. The molecular weight excluding hydrogens is 396 g/mol. The van der Waals surface area contributed by atoms with Crippen LogP contribution < -0.4 is 10.2 Å². The highest BCUT2D eigenvalue weighted by Crippen LogP contribution is 2.22. The van der Waals surface area contributed by atoms with Crippen LogP contribution in [0.1, 0.15) is 21.5 Å². The van der Waals surface area contributed by atoms with E-state index in [1.165, 1.54) is 12.0 Å². The second-order valence-corrected chi connectivity index (χ2v) is 8.34. The number of piperazine rings is 1. The van der Waals surface area contributed by atoms with Gasteiger partial charge in [0.1, 0.15) is 6.33 Å². The third-order valence-corrected chi connectivity index (χ3v) is 6.21. The molecular formula is C22H26N6OS. The average molecular weight is 423 g/mol. The molecule has 2 heterocycles. The van der Waals surface area contributed by atoms with Crippen molar-refractivity contribution in [2.24, 2.45) is 0 Å². The maximum Gasteiger partial charge on any atom is 0.251 e. The van der Waals surface area contributed by atoms with E-state index in [2.05, 4.69) is 55.5 Å². The Morgan fingerprint density at radius 3 is 2.60 bits per heavy atom. The van der Waals surface area contributed by atoms with Crippen LogP contribution in [-0.2, 0) is 12.3 Å². The molecule has 0 bridgehead atoms. The number of thioether (sulfide) groups is 1. The van der Waals surface area contributed by atoms with Gasteiger partial charge in [-0.1, -0.05) is 42.1 Å². The number of aromatic amines is 1. The Labute approximate surface area is 180 Å². The number of carbonyl (C=O) groups excluding carboxylic acids is 1. The van der Waals surface area contributed by atoms with Crippen LogP contribution >= 0.6 is 11.8 Å². The molecule has 0 saturated carbocycles. The quantitative estimate of drug-likeness (QED) is 0.570. The fourth-order valence-electron chi connectivity index (χ4n) is 3.46. The second-order valence-electron chi connectivity index (χ2n) is 7.38. The normalized spacial score (nSPS) is 14.6. The van der Waals surface area contributed by atoms with E-state index in [1.54, 1.807) is 11.8 Å². The third-order valence-electron chi connectivity index (χ3n) is 5.26. The number of benzene rings is 2. The van der Waals surface area contributed by atoms with Crippen molar-refractivity contribution < 1.29 is 4.79 Å². The zero-order valence-electron chi connectivity index (χ0n) is 17.0. The van der Waals surface area contributed by atoms with E-state index in [4.69, 9.17) is 0 Å². The lowest BCUT2D eigenvalue weighted by molar-refractivity contribution is 0.0951. The monoisotopic (exact) mass is 422 g/mol. The number of amides is 1. The molecule has 1 aromatic heterocycles. The summed E-state index contributed by atoms with van der Waals surface area (Å²) in [5, 5.41) is 10.5. The van der Waals surface area contributed by atoms with Gasteiger partial charge in [0.15, 0.2) is 5.16 Å². The topological polar surface area (TPSA) is 77.2 Å². The van der Waals surface area contributed by atoms with Crippen LogP contribution in [0.4, 0.5) is 5.69 Å². The summed E-state index contributed by atoms with van der Waals surface area (Å²) in [6.45, 7) is 4.65. The number of carbonyl (C=O) groups is 1. The predicted octanol–water partition coefficient (Wildman–Crippen LogP) is 2.78. The summed E-state index contributed by atoms with van der Waals surface area (Å²) in [7, 11) is 2.15. The van der Waals surface area contributed by atoms with Crippen molar-refractivity contribution >= 4 is 23.4 Å². The number of para-hydroxylation sites is 1. The lowest BCUT2D eigenvalue weighted by Crippen LogP contribution is -2.45. The van der Waals surface area contributed by atoms with E-state index in [0.717, 1.165) is 48.2 Å². The minimum atomic E-state index is -0.0578. The molecule has 0 spiro atoms. The number of aromatic nitrogens is 3. The minimum absolute atomic E-state index is 0.0578. The van der Waals surface area contributed by atoms with Crippen molar-refractivity contribution in [1.29, 1.82) is 0 Å². The third kappa shape index (κ3) is 5.20. The van der Waals surface area contributed by atoms with Crippen LogP contribution in [0, 0.1) is 0 Å². The molecule has 0 radical (unpaired) electrons. The highest BCUT2D eigenvalue weighted by atomic mass is 32.2. The van der Waals surface area contributed by atoms with E-state index in [0.29, 0.717) is 12.1 Å². The van der Waals surface area contributed by atoms with Gasteiger partial charge in [0.05, 0.1) is 0 Å². The lowest BCUT2D eigenvalue weighted by atomic mass is 10.1. The molecule has 2 N–H and O–H groups in total. The molecule has 156 valence electrons. The van der Waals surface area contributed by atoms with Gasteiger partial charge in [-0.3, -0.25) is 9.89 Å². The number of nitrogens with one attached hydrogen (secondary N) is 2. The molecule has 1 aliphatic heterocycles. The number of hydrogen-bond acceptors (Lipinski definition) is 6. The Bertz CT molecular complexity index is 952. The summed E-state index contributed by atoms with van der Waals surface area (Å²) in [6, 6.07) is 16.0. The van der Waals surface area contributed by atoms with Crippen LogP contribution in [0.25, 0.3) is 0 Å². The van der Waals surface area contributed by atoms with Crippen LogP contribution in [0.5, 0.6) is 0 Å². The Morgan fingerprint density at radius 1 is 1.10 bits per heavy atom. The van der Waals surface area contributed by atoms with E-state index in [9.17, 15) is 4.79 Å². The summed E-state index contributed by atoms with van der Waals surface area (Å²) in [5.74, 6) is 0.716. The number of anilines is 1. The van der Waals surface area contributed by atoms with Crippen LogP contribution in [0.2, 0.25) is 0 Å². The van der Waals surface area contributed by atoms with E-state index in [1.807, 2.05) is 30.3 Å². The van der Waals surface area contributed by atoms with Crippen LogP contribution in [-0.4, -0.2) is 59.2 Å². The molecule has 1 amide bonds. The van der Waals surface area contributed by atoms with Crippen molar-refractivity contribution in [1.82, 2.24) is 25.4 Å². The predicted molar refractivity (Wildman–Crippen MR) is 120 cm³/mol. The molecule has 0 atom stereocenters. The first-order chi connectivity index (χ1) is 14.7. The first-order valence-corrected chi connectivity index (χ1v) is 11.0. The van der Waals surface area contributed by atoms with Crippen molar-refractivity contribution in [2.75, 3.05) is 38.1 Å². The second kappa shape index (κ2) is 9.77. The average Bonchev–Trinajstić information content (AvgIpc) is 3.31. The fourth-order valence-corrected chi connectivity index (χ4v) is 4.20. The summed E-state index contributed by atoms with van der Waals surface area (Å²) in [5.41, 5.74) is 4.16. The molecule has 0 aliphatic carbocycles. The molecule has 1 saturated heterocycles. The molecule has 4 rings (SSSR count). The smallest absolute Gasteiger partial charge is 0.251 e. The molecule has 1 aliphatic rings. The molecule has 3 aromatic rings. The van der Waals surface area contributed by atoms with Gasteiger partial charge in [0, 0.05) is 49.7 Å². The minimum Gasteiger partial charge on any atom is -0.369 e. The van der Waals surface area contributed by atoms with Crippen molar-refractivity contribution in [3.63, 3.8) is 0 Å². The zero-order chi connectivity index (χ0) is 20.8. The standard InChI is InChI=1S/C22H26N6OS/c1-27-10-12-28(13-11-27)20-5-3-2-4-19(20)14-23-21(29)18-8-6-17(7-9-18)15-30-22-24-16-25-26-22/h2-9,16H,10-15H2,1H3,(H,23,29)(H,24,25,26). The van der Waals surface area contributed by atoms with Gasteiger partial charge in [-0.15, -0.1) is 0 Å². The number of hydrogen-bond donors (Lipinski definition) is 2. The molecule has 2 aromatic carbocycles. The fraction of sp³-hybridized carbons (Fsp3) is 0.318. The summed E-state index contributed by atoms with van der Waals surface area (Å²) in [4.78, 5) is 21.5. The van der Waals surface area contributed by atoms with Gasteiger partial charge in [0.2, 0.25) is 0 Å². The Kier molecular flexibility index (Phi) is 6.66. The Balaban J connectivity index is 1.33. The highest BCUT2D eigenvalue weighted by Gasteiger charge is 2.17. The molecule has 7 nitrogen and oxygen atoms in total. The van der Waals surface area contributed by atoms with Gasteiger partial charge in [-0.05, 0) is 36.4 Å². The first-order valence-electron chi connectivity index (χ1n) is 10.1. The van der Waals surface area contributed by atoms with Crippen molar-refractivity contribution in [3.8, 4) is 0 Å². The highest BCUT2D eigenvalue weighted by molar-refractivity contribution is 7.98. The lowest BCUT2D eigenvalue weighted by Gasteiger charge is -2.35. The van der Waals surface area contributed by atoms with Crippen molar-refractivity contribution in [3.05, 3.63) is 71.5 Å². The summed E-state index contributed by atoms with van der Waals surface area (Å²) in [6.07, 6.45) is 1.50. The maximum atomic E-state index is 12.6. The van der Waals surface area contributed by atoms with E-state index < -0.39 is 0 Å². The van der Waals surface area contributed by atoms with Gasteiger partial charge in [-0.2, -0.15) is 5.10 Å². The SMILES string of the molecule is CN1CCN(c2ccccc2CNC(=O)c2ccc(CSc3ncn[nH]3)cc2)CC1. The Hall–Kier alpha value is -2.84. The van der Waals surface area contributed by atoms with Crippen LogP contribution in [0.3, 0.4) is 0 Å². The zero-order valence-corrected chi connectivity index (χ0v) is 17.9. The largest absolute Gasteiger partial charge is 0.369 e. The summed E-state index contributed by atoms with van der Waals surface area (Å²) < 4.78 is 0. The first kappa shape index (κ1) is 20.4. The van der Waals surface area contributed by atoms with Gasteiger partial charge in [0.25, 0.3) is 5.91 Å². The molecule has 0 unspecified atom stereocenters. The molecule has 8 heteroatoms. The number of nitrogens with zero attached hydrogens (tertiary/aromatic N) is 4. The van der Waals surface area contributed by atoms with Crippen molar-refractivity contribution in [2.45, 2.75) is 17.5 Å². The summed E-state index contributed by atoms with van der Waals surface area (Å²) >= 11 is 1.58. The van der Waals surface area contributed by atoms with Gasteiger partial charge < -0.3 is 15.1 Å². The number of rotatable bonds is 7. The van der Waals surface area contributed by atoms with Gasteiger partial charge in [-0.25, -0.2) is 4.98 Å². The number of H-pyrrole nitrogens is 1. The molecule has 1 fully saturated rings.